The maximum Gasteiger partial charge on any atom is 0.221 e. The van der Waals surface area contributed by atoms with E-state index >= 15 is 0 Å². The van der Waals surface area contributed by atoms with E-state index in [9.17, 15) is 8.42 Å². The summed E-state index contributed by atoms with van der Waals surface area (Å²) in [5, 5.41) is 0. The van der Waals surface area contributed by atoms with Gasteiger partial charge in [0.2, 0.25) is 10.0 Å². The lowest BCUT2D eigenvalue weighted by Crippen LogP contribution is -2.39. The molecule has 0 saturated carbocycles. The summed E-state index contributed by atoms with van der Waals surface area (Å²) in [6.07, 6.45) is 0. The zero-order chi connectivity index (χ0) is 10.4. The van der Waals surface area contributed by atoms with Crippen LogP contribution >= 0.6 is 27.7 Å². The molecule has 1 aliphatic rings. The normalized spacial score (nSPS) is 19.8. The van der Waals surface area contributed by atoms with Gasteiger partial charge in [0.25, 0.3) is 0 Å². The van der Waals surface area contributed by atoms with Gasteiger partial charge >= 0.3 is 0 Å². The number of thioether (sulfide) groups is 1. The first-order chi connectivity index (χ1) is 6.64. The predicted octanol–water partition coefficient (Wildman–Crippen LogP) is 0.307. The maximum atomic E-state index is 11.1. The third-order valence-corrected chi connectivity index (χ3v) is 5.68. The van der Waals surface area contributed by atoms with Gasteiger partial charge in [-0.05, 0) is 0 Å². The molecule has 84 valence electrons. The Morgan fingerprint density at radius 3 is 2.57 bits per heavy atom. The van der Waals surface area contributed by atoms with E-state index in [1.807, 2.05) is 11.8 Å². The summed E-state index contributed by atoms with van der Waals surface area (Å²) in [4.78, 5) is 2.28. The second-order valence-electron chi connectivity index (χ2n) is 3.07. The number of nitrogens with zero attached hydrogens (tertiary/aromatic N) is 1. The number of rotatable bonds is 5. The monoisotopic (exact) mass is 302 g/mol. The highest BCUT2D eigenvalue weighted by Crippen LogP contribution is 2.07. The van der Waals surface area contributed by atoms with Crippen molar-refractivity contribution < 1.29 is 8.42 Å². The summed E-state index contributed by atoms with van der Waals surface area (Å²) in [5.41, 5.74) is 0. The fourth-order valence-electron chi connectivity index (χ4n) is 1.22. The van der Waals surface area contributed by atoms with Crippen LogP contribution in [0.3, 0.4) is 0 Å². The molecule has 0 aromatic rings. The Balaban J connectivity index is 2.14. The highest BCUT2D eigenvalue weighted by Gasteiger charge is 2.11. The molecule has 0 radical (unpaired) electrons. The van der Waals surface area contributed by atoms with Crippen molar-refractivity contribution in [2.45, 2.75) is 0 Å². The topological polar surface area (TPSA) is 49.4 Å². The Hall–Kier alpha value is 0.700. The van der Waals surface area contributed by atoms with Gasteiger partial charge < -0.3 is 4.90 Å². The van der Waals surface area contributed by atoms with E-state index in [4.69, 9.17) is 0 Å². The second-order valence-corrected chi connectivity index (χ2v) is 7.41. The number of alkyl halides is 1. The minimum absolute atomic E-state index is 0.0180. The molecule has 1 fully saturated rings. The van der Waals surface area contributed by atoms with E-state index in [1.54, 1.807) is 0 Å². The van der Waals surface area contributed by atoms with E-state index in [0.29, 0.717) is 6.54 Å². The van der Waals surface area contributed by atoms with Crippen LogP contribution in [0.4, 0.5) is 0 Å². The lowest BCUT2D eigenvalue weighted by atomic mass is 10.5. The molecule has 1 saturated heterocycles. The third kappa shape index (κ3) is 4.97. The first kappa shape index (κ1) is 12.8. The average molecular weight is 303 g/mol. The molecule has 0 aromatic heterocycles. The maximum absolute atomic E-state index is 11.1. The molecule has 0 atom stereocenters. The Morgan fingerprint density at radius 2 is 2.00 bits per heavy atom. The highest BCUT2D eigenvalue weighted by molar-refractivity contribution is 9.10. The van der Waals surface area contributed by atoms with Gasteiger partial charge in [-0.2, -0.15) is 11.8 Å². The van der Waals surface area contributed by atoms with Gasteiger partial charge in [-0.15, -0.1) is 0 Å². The van der Waals surface area contributed by atoms with E-state index in [1.165, 1.54) is 0 Å². The number of hydrogen-bond donors (Lipinski definition) is 1. The van der Waals surface area contributed by atoms with Gasteiger partial charge in [0.1, 0.15) is 4.66 Å². The van der Waals surface area contributed by atoms with Crippen LogP contribution in [0.2, 0.25) is 0 Å². The van der Waals surface area contributed by atoms with E-state index in [0.717, 1.165) is 31.1 Å². The van der Waals surface area contributed by atoms with Crippen molar-refractivity contribution in [3.63, 3.8) is 0 Å². The molecule has 1 N–H and O–H groups in total. The van der Waals surface area contributed by atoms with E-state index in [2.05, 4.69) is 25.6 Å². The number of sulfonamides is 1. The predicted molar refractivity (Wildman–Crippen MR) is 64.5 cm³/mol. The Morgan fingerprint density at radius 1 is 1.36 bits per heavy atom. The van der Waals surface area contributed by atoms with Crippen LogP contribution in [-0.2, 0) is 10.0 Å². The molecular weight excluding hydrogens is 288 g/mol. The van der Waals surface area contributed by atoms with Crippen LogP contribution in [0.15, 0.2) is 0 Å². The van der Waals surface area contributed by atoms with E-state index < -0.39 is 10.0 Å². The zero-order valence-corrected chi connectivity index (χ0v) is 11.1. The molecule has 7 heteroatoms. The number of nitrogens with one attached hydrogen (secondary N) is 1. The Kier molecular flexibility index (Phi) is 5.76. The SMILES string of the molecule is O=S(=O)(CBr)NCCN1CCSCC1. The van der Waals surface area contributed by atoms with E-state index in [-0.39, 0.29) is 4.66 Å². The van der Waals surface area contributed by atoms with Gasteiger partial charge in [0, 0.05) is 37.7 Å². The quantitative estimate of drug-likeness (QED) is 0.743. The summed E-state index contributed by atoms with van der Waals surface area (Å²) in [7, 11) is -3.09. The molecule has 14 heavy (non-hydrogen) atoms. The molecule has 0 spiro atoms. The van der Waals surface area contributed by atoms with Crippen molar-refractivity contribution in [3.05, 3.63) is 0 Å². The summed E-state index contributed by atoms with van der Waals surface area (Å²) < 4.78 is 24.6. The standard InChI is InChI=1S/C7H15BrN2O2S2/c8-7-14(11,12)9-1-2-10-3-5-13-6-4-10/h9H,1-7H2. The summed E-state index contributed by atoms with van der Waals surface area (Å²) >= 11 is 4.88. The summed E-state index contributed by atoms with van der Waals surface area (Å²) in [6, 6.07) is 0. The smallest absolute Gasteiger partial charge is 0.221 e. The first-order valence-electron chi connectivity index (χ1n) is 4.47. The fraction of sp³-hybridized carbons (Fsp3) is 1.00. The van der Waals surface area contributed by atoms with Crippen LogP contribution in [0, 0.1) is 0 Å². The third-order valence-electron chi connectivity index (χ3n) is 2.00. The molecule has 1 aliphatic heterocycles. The first-order valence-corrected chi connectivity index (χ1v) is 8.40. The van der Waals surface area contributed by atoms with Crippen LogP contribution in [0.1, 0.15) is 0 Å². The van der Waals surface area contributed by atoms with Crippen molar-refractivity contribution in [2.24, 2.45) is 0 Å². The molecule has 0 bridgehead atoms. The van der Waals surface area contributed by atoms with Gasteiger partial charge in [-0.3, -0.25) is 0 Å². The van der Waals surface area contributed by atoms with Gasteiger partial charge in [0.05, 0.1) is 0 Å². The molecule has 0 aromatic carbocycles. The highest BCUT2D eigenvalue weighted by atomic mass is 79.9. The van der Waals surface area contributed by atoms with Crippen molar-refractivity contribution in [1.29, 1.82) is 0 Å². The number of hydrogen-bond acceptors (Lipinski definition) is 4. The fourth-order valence-corrected chi connectivity index (χ4v) is 3.17. The van der Waals surface area contributed by atoms with Crippen molar-refractivity contribution >= 4 is 37.7 Å². The largest absolute Gasteiger partial charge is 0.300 e. The zero-order valence-electron chi connectivity index (χ0n) is 7.91. The summed E-state index contributed by atoms with van der Waals surface area (Å²) in [6.45, 7) is 3.47. The minimum atomic E-state index is -3.09. The van der Waals surface area contributed by atoms with Crippen LogP contribution in [-0.4, -0.2) is 55.7 Å². The van der Waals surface area contributed by atoms with Crippen LogP contribution in [0.25, 0.3) is 0 Å². The van der Waals surface area contributed by atoms with Crippen LogP contribution < -0.4 is 4.72 Å². The van der Waals surface area contributed by atoms with Gasteiger partial charge in [-0.25, -0.2) is 13.1 Å². The van der Waals surface area contributed by atoms with Crippen molar-refractivity contribution in [3.8, 4) is 0 Å². The number of halogens is 1. The Labute approximate surface area is 98.0 Å². The molecule has 0 unspecified atom stereocenters. The van der Waals surface area contributed by atoms with Crippen LogP contribution in [0.5, 0.6) is 0 Å². The van der Waals surface area contributed by atoms with Gasteiger partial charge in [0.15, 0.2) is 0 Å². The average Bonchev–Trinajstić information content (AvgIpc) is 2.19. The minimum Gasteiger partial charge on any atom is -0.300 e. The van der Waals surface area contributed by atoms with Crippen molar-refractivity contribution in [2.75, 3.05) is 42.3 Å². The van der Waals surface area contributed by atoms with Crippen molar-refractivity contribution in [1.82, 2.24) is 9.62 Å². The molecule has 1 rings (SSSR count). The Bertz CT molecular complexity index is 252. The second kappa shape index (κ2) is 6.32. The molecular formula is C7H15BrN2O2S2. The lowest BCUT2D eigenvalue weighted by Gasteiger charge is -2.25. The summed E-state index contributed by atoms with van der Waals surface area (Å²) in [5.74, 6) is 2.32. The van der Waals surface area contributed by atoms with Gasteiger partial charge in [-0.1, -0.05) is 15.9 Å². The molecule has 4 nitrogen and oxygen atoms in total. The lowest BCUT2D eigenvalue weighted by molar-refractivity contribution is 0.307. The molecule has 0 amide bonds. The molecule has 0 aliphatic carbocycles. The molecule has 1 heterocycles.